The highest BCUT2D eigenvalue weighted by molar-refractivity contribution is 5.79. The van der Waals surface area contributed by atoms with Crippen LogP contribution in [-0.2, 0) is 11.3 Å². The summed E-state index contributed by atoms with van der Waals surface area (Å²) in [6.07, 6.45) is 3.05. The quantitative estimate of drug-likeness (QED) is 0.875. The van der Waals surface area contributed by atoms with Crippen LogP contribution < -0.4 is 11.1 Å². The Balaban J connectivity index is 1.91. The monoisotopic (exact) mass is 264 g/mol. The normalized spacial score (nSPS) is 22.5. The minimum Gasteiger partial charge on any atom is -0.352 e. The maximum atomic E-state index is 13.1. The summed E-state index contributed by atoms with van der Waals surface area (Å²) >= 11 is 0. The number of rotatable bonds is 4. The third-order valence-electron chi connectivity index (χ3n) is 3.99. The molecule has 0 spiro atoms. The molecule has 1 aliphatic rings. The molecule has 0 saturated heterocycles. The van der Waals surface area contributed by atoms with Crippen LogP contribution >= 0.6 is 0 Å². The Morgan fingerprint density at radius 3 is 2.95 bits per heavy atom. The van der Waals surface area contributed by atoms with Crippen LogP contribution in [0.2, 0.25) is 0 Å². The van der Waals surface area contributed by atoms with Crippen LogP contribution in [0.1, 0.15) is 30.4 Å². The summed E-state index contributed by atoms with van der Waals surface area (Å²) in [5.74, 6) is 0.227. The summed E-state index contributed by atoms with van der Waals surface area (Å²) < 4.78 is 13.1. The van der Waals surface area contributed by atoms with Crippen molar-refractivity contribution in [3.05, 3.63) is 35.1 Å². The molecule has 3 N–H and O–H groups in total. The fourth-order valence-electron chi connectivity index (χ4n) is 2.80. The number of hydrogen-bond acceptors (Lipinski definition) is 2. The van der Waals surface area contributed by atoms with Crippen molar-refractivity contribution in [2.75, 3.05) is 6.54 Å². The Morgan fingerprint density at radius 2 is 2.26 bits per heavy atom. The van der Waals surface area contributed by atoms with Gasteiger partial charge in [0.2, 0.25) is 5.91 Å². The van der Waals surface area contributed by atoms with Gasteiger partial charge in [-0.25, -0.2) is 4.39 Å². The van der Waals surface area contributed by atoms with Gasteiger partial charge in [0.1, 0.15) is 5.82 Å². The van der Waals surface area contributed by atoms with Crippen molar-refractivity contribution < 1.29 is 9.18 Å². The van der Waals surface area contributed by atoms with E-state index in [1.54, 1.807) is 19.1 Å². The minimum atomic E-state index is -0.214. The van der Waals surface area contributed by atoms with Crippen LogP contribution in [0.3, 0.4) is 0 Å². The van der Waals surface area contributed by atoms with Gasteiger partial charge in [-0.05, 0) is 49.4 Å². The predicted molar refractivity (Wildman–Crippen MR) is 72.9 cm³/mol. The molecule has 0 unspecified atom stereocenters. The van der Waals surface area contributed by atoms with E-state index in [4.69, 9.17) is 5.73 Å². The first kappa shape index (κ1) is 14.0. The molecule has 19 heavy (non-hydrogen) atoms. The Kier molecular flexibility index (Phi) is 4.53. The van der Waals surface area contributed by atoms with Gasteiger partial charge in [0.15, 0.2) is 0 Å². The number of halogens is 1. The summed E-state index contributed by atoms with van der Waals surface area (Å²) in [5, 5.41) is 2.93. The second kappa shape index (κ2) is 6.15. The zero-order valence-corrected chi connectivity index (χ0v) is 11.3. The van der Waals surface area contributed by atoms with Crippen molar-refractivity contribution in [1.29, 1.82) is 0 Å². The molecule has 3 nitrogen and oxygen atoms in total. The first-order valence-electron chi connectivity index (χ1n) is 6.84. The Bertz CT molecular complexity index is 461. The van der Waals surface area contributed by atoms with Crippen molar-refractivity contribution in [1.82, 2.24) is 5.32 Å². The zero-order valence-electron chi connectivity index (χ0n) is 11.3. The van der Waals surface area contributed by atoms with E-state index in [9.17, 15) is 9.18 Å². The van der Waals surface area contributed by atoms with Crippen molar-refractivity contribution in [2.45, 2.75) is 32.7 Å². The molecule has 104 valence electrons. The molecular formula is C15H21FN2O. The van der Waals surface area contributed by atoms with Crippen molar-refractivity contribution in [3.8, 4) is 0 Å². The number of nitrogens with one attached hydrogen (secondary N) is 1. The molecule has 0 aromatic heterocycles. The van der Waals surface area contributed by atoms with E-state index >= 15 is 0 Å². The minimum absolute atomic E-state index is 0.0477. The molecule has 1 amide bonds. The molecule has 1 fully saturated rings. The Morgan fingerprint density at radius 1 is 1.47 bits per heavy atom. The number of hydrogen-bond donors (Lipinski definition) is 2. The molecule has 1 aromatic carbocycles. The number of carbonyl (C=O) groups is 1. The van der Waals surface area contributed by atoms with Crippen LogP contribution in [0.5, 0.6) is 0 Å². The van der Waals surface area contributed by atoms with Gasteiger partial charge < -0.3 is 11.1 Å². The molecule has 0 aliphatic heterocycles. The molecule has 1 saturated carbocycles. The molecule has 1 aromatic rings. The van der Waals surface area contributed by atoms with Crippen LogP contribution in [0.15, 0.2) is 18.2 Å². The fraction of sp³-hybridized carbons (Fsp3) is 0.533. The summed E-state index contributed by atoms with van der Waals surface area (Å²) in [4.78, 5) is 12.1. The average molecular weight is 264 g/mol. The number of benzene rings is 1. The van der Waals surface area contributed by atoms with E-state index in [1.807, 2.05) is 0 Å². The average Bonchev–Trinajstić information content (AvgIpc) is 2.88. The topological polar surface area (TPSA) is 55.1 Å². The van der Waals surface area contributed by atoms with Gasteiger partial charge in [0.25, 0.3) is 0 Å². The first-order chi connectivity index (χ1) is 9.11. The van der Waals surface area contributed by atoms with E-state index in [0.29, 0.717) is 24.6 Å². The second-order valence-corrected chi connectivity index (χ2v) is 5.33. The Hall–Kier alpha value is -1.42. The maximum Gasteiger partial charge on any atom is 0.223 e. The third kappa shape index (κ3) is 3.32. The number of amides is 1. The first-order valence-corrected chi connectivity index (χ1v) is 6.84. The molecule has 2 atom stereocenters. The lowest BCUT2D eigenvalue weighted by atomic mass is 9.95. The third-order valence-corrected chi connectivity index (χ3v) is 3.99. The van der Waals surface area contributed by atoms with E-state index in [0.717, 1.165) is 24.8 Å². The van der Waals surface area contributed by atoms with E-state index in [1.165, 1.54) is 6.07 Å². The molecule has 2 rings (SSSR count). The highest BCUT2D eigenvalue weighted by atomic mass is 19.1. The van der Waals surface area contributed by atoms with Crippen LogP contribution in [0.25, 0.3) is 0 Å². The lowest BCUT2D eigenvalue weighted by molar-refractivity contribution is -0.126. The molecular weight excluding hydrogens is 243 g/mol. The maximum absolute atomic E-state index is 13.1. The van der Waals surface area contributed by atoms with Crippen LogP contribution in [0.4, 0.5) is 4.39 Å². The smallest absolute Gasteiger partial charge is 0.223 e. The van der Waals surface area contributed by atoms with Crippen molar-refractivity contribution >= 4 is 5.91 Å². The van der Waals surface area contributed by atoms with Crippen molar-refractivity contribution in [3.63, 3.8) is 0 Å². The van der Waals surface area contributed by atoms with Gasteiger partial charge in [-0.15, -0.1) is 0 Å². The molecule has 1 aliphatic carbocycles. The summed E-state index contributed by atoms with van der Waals surface area (Å²) in [6.45, 7) is 2.75. The number of nitrogens with two attached hydrogens (primary N) is 1. The summed E-state index contributed by atoms with van der Waals surface area (Å²) in [7, 11) is 0. The molecule has 0 bridgehead atoms. The van der Waals surface area contributed by atoms with Gasteiger partial charge in [0.05, 0.1) is 0 Å². The largest absolute Gasteiger partial charge is 0.352 e. The van der Waals surface area contributed by atoms with Gasteiger partial charge in [-0.3, -0.25) is 4.79 Å². The Labute approximate surface area is 113 Å². The highest BCUT2D eigenvalue weighted by Gasteiger charge is 2.31. The standard InChI is InChI=1S/C15H21FN2O/c1-10-7-11(5-6-14(10)16)9-18-15(19)13-4-2-3-12(13)8-17/h5-7,12-13H,2-4,8-9,17H2,1H3,(H,18,19)/t12-,13-/m1/s1. The van der Waals surface area contributed by atoms with Gasteiger partial charge in [-0.1, -0.05) is 18.6 Å². The van der Waals surface area contributed by atoms with Gasteiger partial charge in [0, 0.05) is 12.5 Å². The summed E-state index contributed by atoms with van der Waals surface area (Å²) in [5.41, 5.74) is 7.21. The van der Waals surface area contributed by atoms with E-state index < -0.39 is 0 Å². The second-order valence-electron chi connectivity index (χ2n) is 5.33. The van der Waals surface area contributed by atoms with Crippen LogP contribution in [-0.4, -0.2) is 12.5 Å². The fourth-order valence-corrected chi connectivity index (χ4v) is 2.80. The van der Waals surface area contributed by atoms with Gasteiger partial charge in [-0.2, -0.15) is 0 Å². The predicted octanol–water partition coefficient (Wildman–Crippen LogP) is 2.13. The zero-order chi connectivity index (χ0) is 13.8. The van der Waals surface area contributed by atoms with E-state index in [-0.39, 0.29) is 17.6 Å². The lowest BCUT2D eigenvalue weighted by Gasteiger charge is -2.17. The lowest BCUT2D eigenvalue weighted by Crippen LogP contribution is -2.34. The molecule has 0 radical (unpaired) electrons. The highest BCUT2D eigenvalue weighted by Crippen LogP contribution is 2.30. The SMILES string of the molecule is Cc1cc(CNC(=O)[C@@H]2CCC[C@@H]2CN)ccc1F. The van der Waals surface area contributed by atoms with Crippen molar-refractivity contribution in [2.24, 2.45) is 17.6 Å². The number of aryl methyl sites for hydroxylation is 1. The van der Waals surface area contributed by atoms with Crippen LogP contribution in [0, 0.1) is 24.6 Å². The number of carbonyl (C=O) groups excluding carboxylic acids is 1. The van der Waals surface area contributed by atoms with Gasteiger partial charge >= 0.3 is 0 Å². The summed E-state index contributed by atoms with van der Waals surface area (Å²) in [6, 6.07) is 4.91. The van der Waals surface area contributed by atoms with E-state index in [2.05, 4.69) is 5.32 Å². The molecule has 4 heteroatoms. The molecule has 0 heterocycles.